The van der Waals surface area contributed by atoms with Crippen molar-refractivity contribution in [2.24, 2.45) is 0 Å². The molecule has 0 fully saturated rings. The van der Waals surface area contributed by atoms with Crippen LogP contribution < -0.4 is 0 Å². The maximum absolute atomic E-state index is 9.33. The molecule has 0 saturated carbocycles. The summed E-state index contributed by atoms with van der Waals surface area (Å²) in [4.78, 5) is 2.34. The molecule has 0 aromatic heterocycles. The summed E-state index contributed by atoms with van der Waals surface area (Å²) in [6.45, 7) is 2.22. The topological polar surface area (TPSA) is 23.5 Å². The molecule has 0 bridgehead atoms. The zero-order chi connectivity index (χ0) is 8.55. The van der Waals surface area contributed by atoms with E-state index in [9.17, 15) is 5.11 Å². The zero-order valence-corrected chi connectivity index (χ0v) is 7.51. The SMILES string of the molecule is CN1CCC2=C(CCC(O)=C2)C1. The van der Waals surface area contributed by atoms with Crippen molar-refractivity contribution in [3.05, 3.63) is 23.0 Å². The van der Waals surface area contributed by atoms with Crippen LogP contribution in [0.4, 0.5) is 0 Å². The molecule has 66 valence electrons. The summed E-state index contributed by atoms with van der Waals surface area (Å²) in [6.07, 6.45) is 4.97. The lowest BCUT2D eigenvalue weighted by Crippen LogP contribution is -2.28. The molecule has 0 unspecified atom stereocenters. The molecule has 1 N–H and O–H groups in total. The van der Waals surface area contributed by atoms with Gasteiger partial charge in [0.25, 0.3) is 0 Å². The van der Waals surface area contributed by atoms with Gasteiger partial charge < -0.3 is 10.0 Å². The van der Waals surface area contributed by atoms with Gasteiger partial charge in [0.2, 0.25) is 0 Å². The Labute approximate surface area is 73.2 Å². The molecule has 2 nitrogen and oxygen atoms in total. The average molecular weight is 165 g/mol. The van der Waals surface area contributed by atoms with E-state index in [1.807, 2.05) is 6.08 Å². The molecule has 0 radical (unpaired) electrons. The van der Waals surface area contributed by atoms with E-state index in [0.717, 1.165) is 32.4 Å². The lowest BCUT2D eigenvalue weighted by atomic mass is 9.91. The van der Waals surface area contributed by atoms with Crippen LogP contribution in [-0.4, -0.2) is 30.1 Å². The number of aliphatic hydroxyl groups excluding tert-OH is 1. The Bertz CT molecular complexity index is 253. The molecule has 2 rings (SSSR count). The highest BCUT2D eigenvalue weighted by Gasteiger charge is 2.18. The van der Waals surface area contributed by atoms with Gasteiger partial charge in [0.15, 0.2) is 0 Å². The molecule has 1 heterocycles. The summed E-state index contributed by atoms with van der Waals surface area (Å²) in [7, 11) is 2.15. The normalized spacial score (nSPS) is 25.2. The van der Waals surface area contributed by atoms with Crippen molar-refractivity contribution in [1.29, 1.82) is 0 Å². The van der Waals surface area contributed by atoms with Crippen LogP contribution in [0, 0.1) is 0 Å². The first-order valence-corrected chi connectivity index (χ1v) is 4.54. The van der Waals surface area contributed by atoms with Crippen LogP contribution in [-0.2, 0) is 0 Å². The van der Waals surface area contributed by atoms with Gasteiger partial charge in [-0.05, 0) is 31.5 Å². The van der Waals surface area contributed by atoms with Gasteiger partial charge in [0.1, 0.15) is 0 Å². The number of aliphatic hydroxyl groups is 1. The molecule has 0 spiro atoms. The van der Waals surface area contributed by atoms with E-state index in [0.29, 0.717) is 5.76 Å². The third-order valence-electron chi connectivity index (χ3n) is 2.70. The number of rotatable bonds is 0. The predicted octanol–water partition coefficient (Wildman–Crippen LogP) is 1.85. The largest absolute Gasteiger partial charge is 0.512 e. The van der Waals surface area contributed by atoms with E-state index >= 15 is 0 Å². The van der Waals surface area contributed by atoms with Crippen LogP contribution >= 0.6 is 0 Å². The molecule has 0 aromatic rings. The van der Waals surface area contributed by atoms with E-state index in [1.54, 1.807) is 0 Å². The third-order valence-corrected chi connectivity index (χ3v) is 2.70. The summed E-state index contributed by atoms with van der Waals surface area (Å²) >= 11 is 0. The molecular weight excluding hydrogens is 150 g/mol. The molecule has 0 saturated heterocycles. The molecule has 1 aliphatic carbocycles. The summed E-state index contributed by atoms with van der Waals surface area (Å²) in [5, 5.41) is 9.33. The summed E-state index contributed by atoms with van der Waals surface area (Å²) in [5.74, 6) is 0.568. The molecule has 12 heavy (non-hydrogen) atoms. The quantitative estimate of drug-likeness (QED) is 0.592. The van der Waals surface area contributed by atoms with Gasteiger partial charge in [-0.2, -0.15) is 0 Å². The van der Waals surface area contributed by atoms with Gasteiger partial charge in [0, 0.05) is 19.5 Å². The van der Waals surface area contributed by atoms with Crippen molar-refractivity contribution in [2.45, 2.75) is 19.3 Å². The zero-order valence-electron chi connectivity index (χ0n) is 7.51. The highest BCUT2D eigenvalue weighted by molar-refractivity contribution is 5.33. The molecule has 2 aliphatic rings. The van der Waals surface area contributed by atoms with Crippen molar-refractivity contribution in [3.8, 4) is 0 Å². The van der Waals surface area contributed by atoms with E-state index in [1.165, 1.54) is 11.1 Å². The van der Waals surface area contributed by atoms with Gasteiger partial charge in [-0.25, -0.2) is 0 Å². The number of likely N-dealkylation sites (N-methyl/N-ethyl adjacent to an activating group) is 1. The van der Waals surface area contributed by atoms with Crippen LogP contribution in [0.2, 0.25) is 0 Å². The van der Waals surface area contributed by atoms with Gasteiger partial charge in [-0.3, -0.25) is 0 Å². The predicted molar refractivity (Wildman–Crippen MR) is 49.1 cm³/mol. The highest BCUT2D eigenvalue weighted by Crippen LogP contribution is 2.28. The van der Waals surface area contributed by atoms with Gasteiger partial charge in [-0.15, -0.1) is 0 Å². The van der Waals surface area contributed by atoms with E-state index in [-0.39, 0.29) is 0 Å². The van der Waals surface area contributed by atoms with Crippen LogP contribution in [0.5, 0.6) is 0 Å². The van der Waals surface area contributed by atoms with Crippen LogP contribution in [0.15, 0.2) is 23.0 Å². The van der Waals surface area contributed by atoms with Crippen molar-refractivity contribution in [2.75, 3.05) is 20.1 Å². The first kappa shape index (κ1) is 7.87. The molecular formula is C10H15NO. The van der Waals surface area contributed by atoms with Crippen molar-refractivity contribution in [1.82, 2.24) is 4.90 Å². The molecule has 1 aliphatic heterocycles. The van der Waals surface area contributed by atoms with Crippen molar-refractivity contribution in [3.63, 3.8) is 0 Å². The highest BCUT2D eigenvalue weighted by atomic mass is 16.3. The maximum Gasteiger partial charge on any atom is 0.0928 e. The van der Waals surface area contributed by atoms with E-state index in [2.05, 4.69) is 11.9 Å². The lowest BCUT2D eigenvalue weighted by Gasteiger charge is -2.28. The molecule has 2 heteroatoms. The third kappa shape index (κ3) is 1.39. The molecule has 0 amide bonds. The first-order chi connectivity index (χ1) is 5.75. The van der Waals surface area contributed by atoms with Crippen molar-refractivity contribution >= 4 is 0 Å². The first-order valence-electron chi connectivity index (χ1n) is 4.54. The Hall–Kier alpha value is -0.760. The van der Waals surface area contributed by atoms with Crippen LogP contribution in [0.3, 0.4) is 0 Å². The number of hydrogen-bond donors (Lipinski definition) is 1. The monoisotopic (exact) mass is 165 g/mol. The molecule has 0 aromatic carbocycles. The smallest absolute Gasteiger partial charge is 0.0928 e. The minimum atomic E-state index is 0.568. The second-order valence-electron chi connectivity index (χ2n) is 3.75. The summed E-state index contributed by atoms with van der Waals surface area (Å²) < 4.78 is 0. The second kappa shape index (κ2) is 2.94. The van der Waals surface area contributed by atoms with Crippen molar-refractivity contribution < 1.29 is 5.11 Å². The molecule has 0 atom stereocenters. The minimum absolute atomic E-state index is 0.568. The standard InChI is InChI=1S/C10H15NO/c1-11-5-4-8-6-10(12)3-2-9(8)7-11/h6,12H,2-5,7H2,1H3. The Balaban J connectivity index is 2.22. The Morgan fingerprint density at radius 3 is 3.00 bits per heavy atom. The second-order valence-corrected chi connectivity index (χ2v) is 3.75. The van der Waals surface area contributed by atoms with Gasteiger partial charge in [-0.1, -0.05) is 5.57 Å². The maximum atomic E-state index is 9.33. The Morgan fingerprint density at radius 1 is 1.33 bits per heavy atom. The fourth-order valence-electron chi connectivity index (χ4n) is 1.96. The van der Waals surface area contributed by atoms with E-state index in [4.69, 9.17) is 0 Å². The Kier molecular flexibility index (Phi) is 1.93. The number of nitrogens with zero attached hydrogens (tertiary/aromatic N) is 1. The average Bonchev–Trinajstić information content (AvgIpc) is 2.05. The van der Waals surface area contributed by atoms with Gasteiger partial charge >= 0.3 is 0 Å². The fraction of sp³-hybridized carbons (Fsp3) is 0.600. The fourth-order valence-corrected chi connectivity index (χ4v) is 1.96. The summed E-state index contributed by atoms with van der Waals surface area (Å²) in [5.41, 5.74) is 2.92. The number of hydrogen-bond acceptors (Lipinski definition) is 2. The minimum Gasteiger partial charge on any atom is -0.512 e. The van der Waals surface area contributed by atoms with Gasteiger partial charge in [0.05, 0.1) is 5.76 Å². The Morgan fingerprint density at radius 2 is 2.17 bits per heavy atom. The summed E-state index contributed by atoms with van der Waals surface area (Å²) in [6, 6.07) is 0. The number of allylic oxidation sites excluding steroid dienone is 2. The van der Waals surface area contributed by atoms with Crippen LogP contribution in [0.1, 0.15) is 19.3 Å². The van der Waals surface area contributed by atoms with Crippen LogP contribution in [0.25, 0.3) is 0 Å². The lowest BCUT2D eigenvalue weighted by molar-refractivity contribution is 0.330. The van der Waals surface area contributed by atoms with E-state index < -0.39 is 0 Å².